The van der Waals surface area contributed by atoms with Crippen LogP contribution in [0.1, 0.15) is 19.3 Å². The van der Waals surface area contributed by atoms with Crippen LogP contribution in [0.5, 0.6) is 0 Å². The lowest BCUT2D eigenvalue weighted by Crippen LogP contribution is -2.41. The lowest BCUT2D eigenvalue weighted by Gasteiger charge is -2.26. The third kappa shape index (κ3) is 6.53. The molecule has 6 heteroatoms. The number of carboxylic acid groups (broad SMARTS) is 1. The Morgan fingerprint density at radius 3 is 2.59 bits per heavy atom. The highest BCUT2D eigenvalue weighted by atomic mass is 32.2. The number of unbranched alkanes of at least 4 members (excludes halogenated alkanes) is 1. The van der Waals surface area contributed by atoms with Crippen LogP contribution in [-0.2, 0) is 14.3 Å². The Morgan fingerprint density at radius 2 is 1.94 bits per heavy atom. The minimum atomic E-state index is -0.751. The van der Waals surface area contributed by atoms with Crippen LogP contribution >= 0.6 is 11.8 Å². The molecule has 1 saturated heterocycles. The number of hydrogen-bond donors (Lipinski definition) is 1. The molecule has 0 spiro atoms. The van der Waals surface area contributed by atoms with Crippen LogP contribution < -0.4 is 0 Å². The van der Waals surface area contributed by atoms with Gasteiger partial charge in [-0.25, -0.2) is 0 Å². The molecule has 5 nitrogen and oxygen atoms in total. The smallest absolute Gasteiger partial charge is 0.303 e. The SMILES string of the molecule is O=C(O)CCCCSCC(=O)N1CCOCC1. The van der Waals surface area contributed by atoms with E-state index >= 15 is 0 Å². The van der Waals surface area contributed by atoms with Crippen molar-refractivity contribution in [3.63, 3.8) is 0 Å². The Kier molecular flexibility index (Phi) is 7.04. The van der Waals surface area contributed by atoms with E-state index in [1.165, 1.54) is 0 Å². The lowest BCUT2D eigenvalue weighted by molar-refractivity contribution is -0.137. The van der Waals surface area contributed by atoms with Gasteiger partial charge in [-0.15, -0.1) is 0 Å². The monoisotopic (exact) mass is 261 g/mol. The van der Waals surface area contributed by atoms with Crippen molar-refractivity contribution in [2.24, 2.45) is 0 Å². The van der Waals surface area contributed by atoms with Crippen LogP contribution in [0.15, 0.2) is 0 Å². The van der Waals surface area contributed by atoms with Crippen molar-refractivity contribution in [3.8, 4) is 0 Å². The Morgan fingerprint density at radius 1 is 1.24 bits per heavy atom. The van der Waals surface area contributed by atoms with E-state index in [1.807, 2.05) is 4.90 Å². The summed E-state index contributed by atoms with van der Waals surface area (Å²) in [5.74, 6) is 0.757. The molecule has 1 aliphatic rings. The van der Waals surface area contributed by atoms with Gasteiger partial charge in [0.25, 0.3) is 0 Å². The number of thioether (sulfide) groups is 1. The number of ether oxygens (including phenoxy) is 1. The van der Waals surface area contributed by atoms with Crippen molar-refractivity contribution in [1.29, 1.82) is 0 Å². The summed E-state index contributed by atoms with van der Waals surface area (Å²) in [5.41, 5.74) is 0. The van der Waals surface area contributed by atoms with E-state index in [9.17, 15) is 9.59 Å². The van der Waals surface area contributed by atoms with Gasteiger partial charge in [0, 0.05) is 19.5 Å². The summed E-state index contributed by atoms with van der Waals surface area (Å²) in [6, 6.07) is 0. The molecule has 0 aromatic carbocycles. The molecule has 98 valence electrons. The van der Waals surface area contributed by atoms with Gasteiger partial charge in [-0.1, -0.05) is 0 Å². The highest BCUT2D eigenvalue weighted by molar-refractivity contribution is 7.99. The molecule has 0 atom stereocenters. The minimum absolute atomic E-state index is 0.163. The zero-order valence-electron chi connectivity index (χ0n) is 9.89. The van der Waals surface area contributed by atoms with Gasteiger partial charge in [0.1, 0.15) is 0 Å². The number of hydrogen-bond acceptors (Lipinski definition) is 4. The average molecular weight is 261 g/mol. The molecule has 0 aromatic rings. The van der Waals surface area contributed by atoms with Crippen molar-refractivity contribution in [2.45, 2.75) is 19.3 Å². The van der Waals surface area contributed by atoms with Crippen LogP contribution in [0.2, 0.25) is 0 Å². The summed E-state index contributed by atoms with van der Waals surface area (Å²) in [6.45, 7) is 2.65. The topological polar surface area (TPSA) is 66.8 Å². The number of amides is 1. The highest BCUT2D eigenvalue weighted by Gasteiger charge is 2.15. The number of rotatable bonds is 7. The van der Waals surface area contributed by atoms with Crippen molar-refractivity contribution in [1.82, 2.24) is 4.90 Å². The molecule has 0 bridgehead atoms. The van der Waals surface area contributed by atoms with Crippen LogP contribution in [-0.4, -0.2) is 59.7 Å². The van der Waals surface area contributed by atoms with Crippen molar-refractivity contribution < 1.29 is 19.4 Å². The summed E-state index contributed by atoms with van der Waals surface area (Å²) in [4.78, 5) is 23.8. The Bertz CT molecular complexity index is 254. The van der Waals surface area contributed by atoms with E-state index < -0.39 is 5.97 Å². The van der Waals surface area contributed by atoms with Gasteiger partial charge >= 0.3 is 5.97 Å². The van der Waals surface area contributed by atoms with E-state index in [2.05, 4.69) is 0 Å². The fourth-order valence-corrected chi connectivity index (χ4v) is 2.45. The first-order valence-electron chi connectivity index (χ1n) is 5.85. The molecule has 1 aliphatic heterocycles. The normalized spacial score (nSPS) is 15.9. The number of aliphatic carboxylic acids is 1. The lowest BCUT2D eigenvalue weighted by atomic mass is 10.3. The Hall–Kier alpha value is -0.750. The molecule has 0 aliphatic carbocycles. The molecular weight excluding hydrogens is 242 g/mol. The first-order chi connectivity index (χ1) is 8.20. The molecule has 0 saturated carbocycles. The highest BCUT2D eigenvalue weighted by Crippen LogP contribution is 2.08. The molecule has 0 unspecified atom stereocenters. The van der Waals surface area contributed by atoms with Crippen molar-refractivity contribution >= 4 is 23.6 Å². The number of carbonyl (C=O) groups excluding carboxylic acids is 1. The maximum Gasteiger partial charge on any atom is 0.303 e. The molecule has 1 heterocycles. The molecule has 17 heavy (non-hydrogen) atoms. The zero-order chi connectivity index (χ0) is 12.5. The minimum Gasteiger partial charge on any atom is -0.481 e. The van der Waals surface area contributed by atoms with E-state index in [0.29, 0.717) is 38.5 Å². The van der Waals surface area contributed by atoms with Crippen LogP contribution in [0.4, 0.5) is 0 Å². The second-order valence-corrected chi connectivity index (χ2v) is 5.00. The van der Waals surface area contributed by atoms with E-state index in [0.717, 1.165) is 12.2 Å². The van der Waals surface area contributed by atoms with Gasteiger partial charge in [-0.05, 0) is 18.6 Å². The number of carbonyl (C=O) groups is 2. The molecule has 0 radical (unpaired) electrons. The van der Waals surface area contributed by atoms with Crippen molar-refractivity contribution in [2.75, 3.05) is 37.8 Å². The summed E-state index contributed by atoms with van der Waals surface area (Å²) in [6.07, 6.45) is 1.76. The second-order valence-electron chi connectivity index (χ2n) is 3.90. The summed E-state index contributed by atoms with van der Waals surface area (Å²) < 4.78 is 5.17. The van der Waals surface area contributed by atoms with Crippen molar-refractivity contribution in [3.05, 3.63) is 0 Å². The predicted octanol–water partition coefficient (Wildman–Crippen LogP) is 0.833. The molecular formula is C11H19NO4S. The van der Waals surface area contributed by atoms with Crippen LogP contribution in [0.3, 0.4) is 0 Å². The quantitative estimate of drug-likeness (QED) is 0.688. The largest absolute Gasteiger partial charge is 0.481 e. The maximum atomic E-state index is 11.7. The van der Waals surface area contributed by atoms with Gasteiger partial charge < -0.3 is 14.7 Å². The first-order valence-corrected chi connectivity index (χ1v) is 7.00. The Labute approximate surface area is 105 Å². The zero-order valence-corrected chi connectivity index (χ0v) is 10.7. The fourth-order valence-electron chi connectivity index (χ4n) is 1.54. The summed E-state index contributed by atoms with van der Waals surface area (Å²) >= 11 is 1.58. The number of nitrogens with zero attached hydrogens (tertiary/aromatic N) is 1. The molecule has 1 fully saturated rings. The third-order valence-electron chi connectivity index (χ3n) is 2.52. The summed E-state index contributed by atoms with van der Waals surface area (Å²) in [5, 5.41) is 8.45. The van der Waals surface area contributed by atoms with E-state index in [-0.39, 0.29) is 12.3 Å². The standard InChI is InChI=1S/C11H19NO4S/c13-10(12-4-6-16-7-5-12)9-17-8-2-1-3-11(14)15/h1-9H2,(H,14,15). The van der Waals surface area contributed by atoms with Gasteiger partial charge in [-0.2, -0.15) is 11.8 Å². The second kappa shape index (κ2) is 8.36. The van der Waals surface area contributed by atoms with Gasteiger partial charge in [0.05, 0.1) is 19.0 Å². The van der Waals surface area contributed by atoms with E-state index in [1.54, 1.807) is 11.8 Å². The average Bonchev–Trinajstić information content (AvgIpc) is 2.34. The first kappa shape index (κ1) is 14.3. The maximum absolute atomic E-state index is 11.7. The van der Waals surface area contributed by atoms with Gasteiger partial charge in [-0.3, -0.25) is 9.59 Å². The predicted molar refractivity (Wildman–Crippen MR) is 66.2 cm³/mol. The van der Waals surface area contributed by atoms with Gasteiger partial charge in [0.15, 0.2) is 0 Å². The number of morpholine rings is 1. The molecule has 1 N–H and O–H groups in total. The molecule has 0 aromatic heterocycles. The van der Waals surface area contributed by atoms with Crippen LogP contribution in [0.25, 0.3) is 0 Å². The van der Waals surface area contributed by atoms with Crippen LogP contribution in [0, 0.1) is 0 Å². The Balaban J connectivity index is 1.98. The van der Waals surface area contributed by atoms with Gasteiger partial charge in [0.2, 0.25) is 5.91 Å². The summed E-state index contributed by atoms with van der Waals surface area (Å²) in [7, 11) is 0. The fraction of sp³-hybridized carbons (Fsp3) is 0.818. The third-order valence-corrected chi connectivity index (χ3v) is 3.55. The molecule has 1 rings (SSSR count). The molecule has 1 amide bonds. The van der Waals surface area contributed by atoms with E-state index in [4.69, 9.17) is 9.84 Å². The number of carboxylic acids is 1.